The van der Waals surface area contributed by atoms with Gasteiger partial charge in [-0.25, -0.2) is 4.98 Å². The molecule has 112 valence electrons. The second-order valence-electron chi connectivity index (χ2n) is 4.94. The molecule has 1 amide bonds. The average Bonchev–Trinajstić information content (AvgIpc) is 2.98. The Bertz CT molecular complexity index is 596. The van der Waals surface area contributed by atoms with Crippen LogP contribution in [0, 0.1) is 6.92 Å². The molecule has 0 radical (unpaired) electrons. The number of carbonyl (C=O) groups is 1. The molecule has 0 spiro atoms. The number of rotatable bonds is 6. The Morgan fingerprint density at radius 2 is 2.29 bits per heavy atom. The number of ether oxygens (including phenoxy) is 1. The quantitative estimate of drug-likeness (QED) is 0.881. The molecule has 1 heterocycles. The maximum Gasteiger partial charge on any atom is 0.222 e. The largest absolute Gasteiger partial charge is 0.496 e. The highest BCUT2D eigenvalue weighted by molar-refractivity contribution is 5.76. The van der Waals surface area contributed by atoms with E-state index in [4.69, 9.17) is 4.74 Å². The Balaban J connectivity index is 1.95. The van der Waals surface area contributed by atoms with Gasteiger partial charge in [-0.15, -0.1) is 0 Å². The van der Waals surface area contributed by atoms with Crippen molar-refractivity contribution in [2.24, 2.45) is 0 Å². The van der Waals surface area contributed by atoms with Crippen LogP contribution in [0.5, 0.6) is 5.75 Å². The number of methoxy groups -OCH3 is 1. The van der Waals surface area contributed by atoms with Crippen molar-refractivity contribution in [1.82, 2.24) is 20.1 Å². The van der Waals surface area contributed by atoms with E-state index in [-0.39, 0.29) is 11.9 Å². The molecule has 0 fully saturated rings. The van der Waals surface area contributed by atoms with Gasteiger partial charge >= 0.3 is 0 Å². The fourth-order valence-electron chi connectivity index (χ4n) is 2.15. The summed E-state index contributed by atoms with van der Waals surface area (Å²) in [6.07, 6.45) is 3.42. The Hall–Kier alpha value is -2.37. The molecule has 6 heteroatoms. The van der Waals surface area contributed by atoms with Crippen molar-refractivity contribution in [2.45, 2.75) is 32.9 Å². The molecular formula is C15H20N4O2. The number of benzene rings is 1. The van der Waals surface area contributed by atoms with Gasteiger partial charge in [-0.2, -0.15) is 5.10 Å². The van der Waals surface area contributed by atoms with Crippen LogP contribution in [-0.2, 0) is 11.3 Å². The molecular weight excluding hydrogens is 268 g/mol. The summed E-state index contributed by atoms with van der Waals surface area (Å²) in [6.45, 7) is 4.48. The molecule has 0 bridgehead atoms. The van der Waals surface area contributed by atoms with Crippen molar-refractivity contribution < 1.29 is 9.53 Å². The zero-order valence-corrected chi connectivity index (χ0v) is 12.5. The van der Waals surface area contributed by atoms with Crippen LogP contribution in [0.3, 0.4) is 0 Å². The molecule has 1 aromatic heterocycles. The molecule has 0 saturated carbocycles. The number of nitrogens with zero attached hydrogens (tertiary/aromatic N) is 3. The standard InChI is InChI=1S/C15H20N4O2/c1-11-4-5-14(21-3)13(8-11)12(2)18-15(20)6-7-19-10-16-9-17-19/h4-5,8-10,12H,6-7H2,1-3H3,(H,18,20). The van der Waals surface area contributed by atoms with Crippen LogP contribution in [-0.4, -0.2) is 27.8 Å². The van der Waals surface area contributed by atoms with E-state index in [1.807, 2.05) is 32.0 Å². The van der Waals surface area contributed by atoms with Gasteiger partial charge in [0.05, 0.1) is 19.7 Å². The predicted molar refractivity (Wildman–Crippen MR) is 78.9 cm³/mol. The summed E-state index contributed by atoms with van der Waals surface area (Å²) in [5.74, 6) is 0.756. The molecule has 1 atom stereocenters. The molecule has 0 aliphatic rings. The Morgan fingerprint density at radius 3 is 2.95 bits per heavy atom. The minimum Gasteiger partial charge on any atom is -0.496 e. The molecule has 0 saturated heterocycles. The molecule has 21 heavy (non-hydrogen) atoms. The topological polar surface area (TPSA) is 69.0 Å². The monoisotopic (exact) mass is 288 g/mol. The van der Waals surface area contributed by atoms with E-state index < -0.39 is 0 Å². The first-order valence-electron chi connectivity index (χ1n) is 6.86. The third kappa shape index (κ3) is 4.05. The van der Waals surface area contributed by atoms with Gasteiger partial charge in [-0.3, -0.25) is 9.48 Å². The maximum absolute atomic E-state index is 12.0. The van der Waals surface area contributed by atoms with Crippen molar-refractivity contribution in [3.05, 3.63) is 42.0 Å². The number of amides is 1. The molecule has 0 aliphatic carbocycles. The SMILES string of the molecule is COc1ccc(C)cc1C(C)NC(=O)CCn1cncn1. The second kappa shape index (κ2) is 6.88. The van der Waals surface area contributed by atoms with Gasteiger partial charge in [0.1, 0.15) is 18.4 Å². The lowest BCUT2D eigenvalue weighted by Crippen LogP contribution is -2.27. The summed E-state index contributed by atoms with van der Waals surface area (Å²) < 4.78 is 6.98. The minimum atomic E-state index is -0.108. The zero-order chi connectivity index (χ0) is 15.2. The van der Waals surface area contributed by atoms with Crippen molar-refractivity contribution >= 4 is 5.91 Å². The van der Waals surface area contributed by atoms with Gasteiger partial charge in [0.2, 0.25) is 5.91 Å². The molecule has 0 aliphatic heterocycles. The van der Waals surface area contributed by atoms with E-state index in [1.165, 1.54) is 6.33 Å². The van der Waals surface area contributed by atoms with Crippen LogP contribution in [0.25, 0.3) is 0 Å². The highest BCUT2D eigenvalue weighted by atomic mass is 16.5. The van der Waals surface area contributed by atoms with E-state index in [1.54, 1.807) is 18.1 Å². The van der Waals surface area contributed by atoms with Gasteiger partial charge in [0.25, 0.3) is 0 Å². The third-order valence-corrected chi connectivity index (χ3v) is 3.26. The molecule has 1 N–H and O–H groups in total. The van der Waals surface area contributed by atoms with Gasteiger partial charge in [-0.05, 0) is 19.9 Å². The smallest absolute Gasteiger partial charge is 0.222 e. The number of hydrogen-bond donors (Lipinski definition) is 1. The Morgan fingerprint density at radius 1 is 1.48 bits per heavy atom. The van der Waals surface area contributed by atoms with Crippen LogP contribution in [0.2, 0.25) is 0 Å². The molecule has 2 rings (SSSR count). The predicted octanol–water partition coefficient (Wildman–Crippen LogP) is 1.86. The first-order valence-corrected chi connectivity index (χ1v) is 6.86. The zero-order valence-electron chi connectivity index (χ0n) is 12.5. The van der Waals surface area contributed by atoms with Gasteiger partial charge in [-0.1, -0.05) is 17.7 Å². The summed E-state index contributed by atoms with van der Waals surface area (Å²) in [4.78, 5) is 15.8. The summed E-state index contributed by atoms with van der Waals surface area (Å²) in [7, 11) is 1.63. The number of hydrogen-bond acceptors (Lipinski definition) is 4. The summed E-state index contributed by atoms with van der Waals surface area (Å²) >= 11 is 0. The van der Waals surface area contributed by atoms with Crippen LogP contribution in [0.4, 0.5) is 0 Å². The summed E-state index contributed by atoms with van der Waals surface area (Å²) in [5, 5.41) is 6.95. The van der Waals surface area contributed by atoms with Crippen molar-refractivity contribution in [3.8, 4) is 5.75 Å². The second-order valence-corrected chi connectivity index (χ2v) is 4.94. The van der Waals surface area contributed by atoms with Crippen molar-refractivity contribution in [3.63, 3.8) is 0 Å². The van der Waals surface area contributed by atoms with Crippen LogP contribution in [0.15, 0.2) is 30.9 Å². The molecule has 1 aromatic carbocycles. The minimum absolute atomic E-state index is 0.0263. The maximum atomic E-state index is 12.0. The van der Waals surface area contributed by atoms with Crippen LogP contribution >= 0.6 is 0 Å². The van der Waals surface area contributed by atoms with Crippen molar-refractivity contribution in [2.75, 3.05) is 7.11 Å². The molecule has 6 nitrogen and oxygen atoms in total. The van der Waals surface area contributed by atoms with Gasteiger partial charge < -0.3 is 10.1 Å². The molecule has 1 unspecified atom stereocenters. The molecule has 2 aromatic rings. The van der Waals surface area contributed by atoms with Crippen LogP contribution < -0.4 is 10.1 Å². The number of aromatic nitrogens is 3. The first kappa shape index (κ1) is 15.0. The van der Waals surface area contributed by atoms with Crippen molar-refractivity contribution in [1.29, 1.82) is 0 Å². The average molecular weight is 288 g/mol. The Labute approximate surface area is 124 Å². The number of nitrogens with one attached hydrogen (secondary N) is 1. The number of aryl methyl sites for hydroxylation is 2. The van der Waals surface area contributed by atoms with E-state index in [9.17, 15) is 4.79 Å². The lowest BCUT2D eigenvalue weighted by atomic mass is 10.0. The normalized spacial score (nSPS) is 12.0. The highest BCUT2D eigenvalue weighted by Crippen LogP contribution is 2.26. The van der Waals surface area contributed by atoms with Gasteiger partial charge in [0, 0.05) is 12.0 Å². The van der Waals surface area contributed by atoms with Crippen LogP contribution in [0.1, 0.15) is 30.5 Å². The fourth-order valence-corrected chi connectivity index (χ4v) is 2.15. The third-order valence-electron chi connectivity index (χ3n) is 3.26. The number of carbonyl (C=O) groups excluding carboxylic acids is 1. The first-order chi connectivity index (χ1) is 10.1. The fraction of sp³-hybridized carbons (Fsp3) is 0.400. The lowest BCUT2D eigenvalue weighted by molar-refractivity contribution is -0.122. The van der Waals surface area contributed by atoms with E-state index in [0.717, 1.165) is 16.9 Å². The summed E-state index contributed by atoms with van der Waals surface area (Å²) in [5.41, 5.74) is 2.11. The van der Waals surface area contributed by atoms with E-state index in [0.29, 0.717) is 13.0 Å². The lowest BCUT2D eigenvalue weighted by Gasteiger charge is -2.18. The highest BCUT2D eigenvalue weighted by Gasteiger charge is 2.14. The van der Waals surface area contributed by atoms with E-state index in [2.05, 4.69) is 15.4 Å². The van der Waals surface area contributed by atoms with E-state index >= 15 is 0 Å². The summed E-state index contributed by atoms with van der Waals surface area (Å²) in [6, 6.07) is 5.83. The van der Waals surface area contributed by atoms with Gasteiger partial charge in [0.15, 0.2) is 0 Å². The Kier molecular flexibility index (Phi) is 4.92.